The van der Waals surface area contributed by atoms with Crippen LogP contribution in [0.1, 0.15) is 11.4 Å². The fourth-order valence-corrected chi connectivity index (χ4v) is 2.14. The first-order chi connectivity index (χ1) is 10.3. The topological polar surface area (TPSA) is 90.3 Å². The number of allylic oxidation sites excluding steroid dienone is 1. The van der Waals surface area contributed by atoms with Crippen molar-refractivity contribution in [2.75, 3.05) is 5.32 Å². The predicted octanol–water partition coefficient (Wildman–Crippen LogP) is 3.50. The van der Waals surface area contributed by atoms with Crippen molar-refractivity contribution < 1.29 is 13.2 Å². The number of benzene rings is 1. The summed E-state index contributed by atoms with van der Waals surface area (Å²) in [6.45, 7) is 0. The predicted molar refractivity (Wildman–Crippen MR) is 72.9 cm³/mol. The first kappa shape index (κ1) is 16.1. The SMILES string of the molecule is N#CC(=CNc1ccc(Cl)c(C(F)(F)F)c1Cl)c1nn[nH]n1. The van der Waals surface area contributed by atoms with Crippen LogP contribution in [-0.4, -0.2) is 20.6 Å². The number of anilines is 1. The third kappa shape index (κ3) is 3.29. The molecular weight excluding hydrogens is 344 g/mol. The molecule has 0 aliphatic carbocycles. The van der Waals surface area contributed by atoms with Crippen LogP contribution in [0.5, 0.6) is 0 Å². The highest BCUT2D eigenvalue weighted by molar-refractivity contribution is 6.37. The minimum absolute atomic E-state index is 0.0175. The second kappa shape index (κ2) is 6.21. The van der Waals surface area contributed by atoms with Gasteiger partial charge in [0.2, 0.25) is 5.82 Å². The molecule has 6 nitrogen and oxygen atoms in total. The lowest BCUT2D eigenvalue weighted by molar-refractivity contribution is -0.137. The van der Waals surface area contributed by atoms with Gasteiger partial charge in [0.1, 0.15) is 11.6 Å². The van der Waals surface area contributed by atoms with E-state index < -0.39 is 21.8 Å². The fraction of sp³-hybridized carbons (Fsp3) is 0.0909. The van der Waals surface area contributed by atoms with E-state index >= 15 is 0 Å². The molecule has 0 saturated carbocycles. The second-order valence-corrected chi connectivity index (χ2v) is 4.62. The molecule has 0 atom stereocenters. The third-order valence-corrected chi connectivity index (χ3v) is 3.16. The Morgan fingerprint density at radius 2 is 2.09 bits per heavy atom. The number of H-pyrrole nitrogens is 1. The van der Waals surface area contributed by atoms with E-state index in [1.807, 2.05) is 0 Å². The average Bonchev–Trinajstić information content (AvgIpc) is 2.94. The van der Waals surface area contributed by atoms with Gasteiger partial charge < -0.3 is 5.32 Å². The van der Waals surface area contributed by atoms with Crippen molar-refractivity contribution >= 4 is 34.5 Å². The summed E-state index contributed by atoms with van der Waals surface area (Å²) in [5.41, 5.74) is -1.28. The monoisotopic (exact) mass is 348 g/mol. The smallest absolute Gasteiger partial charge is 0.359 e. The van der Waals surface area contributed by atoms with Crippen LogP contribution in [-0.2, 0) is 6.18 Å². The van der Waals surface area contributed by atoms with Crippen molar-refractivity contribution in [3.05, 3.63) is 39.8 Å². The third-order valence-electron chi connectivity index (χ3n) is 2.45. The molecule has 22 heavy (non-hydrogen) atoms. The summed E-state index contributed by atoms with van der Waals surface area (Å²) in [7, 11) is 0. The zero-order valence-electron chi connectivity index (χ0n) is 10.4. The summed E-state index contributed by atoms with van der Waals surface area (Å²) >= 11 is 11.2. The molecule has 0 radical (unpaired) electrons. The van der Waals surface area contributed by atoms with Crippen LogP contribution in [0, 0.1) is 11.3 Å². The Morgan fingerprint density at radius 3 is 2.64 bits per heavy atom. The molecule has 1 aromatic carbocycles. The van der Waals surface area contributed by atoms with Crippen LogP contribution >= 0.6 is 23.2 Å². The van der Waals surface area contributed by atoms with Crippen molar-refractivity contribution in [2.24, 2.45) is 0 Å². The number of nitrogens with one attached hydrogen (secondary N) is 2. The van der Waals surface area contributed by atoms with Gasteiger partial charge in [-0.1, -0.05) is 23.2 Å². The maximum absolute atomic E-state index is 12.9. The first-order valence-corrected chi connectivity index (χ1v) is 6.26. The zero-order chi connectivity index (χ0) is 16.3. The van der Waals surface area contributed by atoms with Gasteiger partial charge in [-0.25, -0.2) is 0 Å². The molecule has 0 fully saturated rings. The molecular formula is C11H5Cl2F3N6. The van der Waals surface area contributed by atoms with E-state index in [1.165, 1.54) is 6.07 Å². The van der Waals surface area contributed by atoms with Gasteiger partial charge in [0.05, 0.1) is 21.3 Å². The molecule has 0 spiro atoms. The minimum Gasteiger partial charge on any atom is -0.359 e. The van der Waals surface area contributed by atoms with Crippen LogP contribution in [0.15, 0.2) is 18.3 Å². The standard InChI is InChI=1S/C11H5Cl2F3N6/c12-6-1-2-7(9(13)8(6)11(14,15)16)18-4-5(3-17)10-19-21-22-20-10/h1-2,4,18H,(H,19,20,21,22). The van der Waals surface area contributed by atoms with Crippen LogP contribution in [0.3, 0.4) is 0 Å². The molecule has 11 heteroatoms. The quantitative estimate of drug-likeness (QED) is 0.828. The fourth-order valence-electron chi connectivity index (χ4n) is 1.50. The molecule has 0 aliphatic heterocycles. The molecule has 2 aromatic rings. The average molecular weight is 349 g/mol. The zero-order valence-corrected chi connectivity index (χ0v) is 11.9. The minimum atomic E-state index is -4.71. The Labute approximate surface area is 131 Å². The van der Waals surface area contributed by atoms with Gasteiger partial charge >= 0.3 is 6.18 Å². The van der Waals surface area contributed by atoms with Crippen LogP contribution < -0.4 is 5.32 Å². The Morgan fingerprint density at radius 1 is 1.36 bits per heavy atom. The molecule has 0 unspecified atom stereocenters. The molecule has 114 valence electrons. The molecule has 1 heterocycles. The van der Waals surface area contributed by atoms with Gasteiger partial charge in [-0.2, -0.15) is 23.6 Å². The highest BCUT2D eigenvalue weighted by atomic mass is 35.5. The number of tetrazole rings is 1. The van der Waals surface area contributed by atoms with E-state index in [-0.39, 0.29) is 17.1 Å². The number of alkyl halides is 3. The van der Waals surface area contributed by atoms with Crippen molar-refractivity contribution in [2.45, 2.75) is 6.18 Å². The van der Waals surface area contributed by atoms with Gasteiger partial charge in [-0.15, -0.1) is 10.2 Å². The van der Waals surface area contributed by atoms with Gasteiger partial charge in [0.15, 0.2) is 0 Å². The normalized spacial score (nSPS) is 12.1. The first-order valence-electron chi connectivity index (χ1n) is 5.50. The lowest BCUT2D eigenvalue weighted by Crippen LogP contribution is -2.08. The number of halogens is 5. The Bertz CT molecular complexity index is 748. The molecule has 0 saturated heterocycles. The summed E-state index contributed by atoms with van der Waals surface area (Å²) in [6.07, 6.45) is -3.60. The van der Waals surface area contributed by atoms with E-state index in [0.717, 1.165) is 12.3 Å². The van der Waals surface area contributed by atoms with E-state index in [4.69, 9.17) is 28.5 Å². The van der Waals surface area contributed by atoms with Gasteiger partial charge in [0, 0.05) is 6.20 Å². The Hall–Kier alpha value is -2.31. The Kier molecular flexibility index (Phi) is 4.54. The van der Waals surface area contributed by atoms with E-state index in [2.05, 4.69) is 25.9 Å². The van der Waals surface area contributed by atoms with E-state index in [0.29, 0.717) is 0 Å². The van der Waals surface area contributed by atoms with Crippen LogP contribution in [0.25, 0.3) is 5.57 Å². The summed E-state index contributed by atoms with van der Waals surface area (Å²) in [5, 5.41) is 22.9. The Balaban J connectivity index is 2.37. The lowest BCUT2D eigenvalue weighted by Gasteiger charge is -2.14. The maximum Gasteiger partial charge on any atom is 0.419 e. The maximum atomic E-state index is 12.9. The van der Waals surface area contributed by atoms with Gasteiger partial charge in [0.25, 0.3) is 0 Å². The summed E-state index contributed by atoms with van der Waals surface area (Å²) < 4.78 is 38.6. The number of nitrogens with zero attached hydrogens (tertiary/aromatic N) is 4. The van der Waals surface area contributed by atoms with E-state index in [1.54, 1.807) is 6.07 Å². The molecule has 0 bridgehead atoms. The highest BCUT2D eigenvalue weighted by Crippen LogP contribution is 2.42. The number of aromatic nitrogens is 4. The van der Waals surface area contributed by atoms with Crippen molar-refractivity contribution in [1.29, 1.82) is 5.26 Å². The number of aromatic amines is 1. The summed E-state index contributed by atoms with van der Waals surface area (Å²) in [5.74, 6) is -0.0175. The van der Waals surface area contributed by atoms with Crippen LogP contribution in [0.2, 0.25) is 10.0 Å². The highest BCUT2D eigenvalue weighted by Gasteiger charge is 2.36. The molecule has 0 aliphatic rings. The van der Waals surface area contributed by atoms with Crippen LogP contribution in [0.4, 0.5) is 18.9 Å². The van der Waals surface area contributed by atoms with Crippen molar-refractivity contribution in [1.82, 2.24) is 20.6 Å². The number of rotatable bonds is 3. The number of nitriles is 1. The summed E-state index contributed by atoms with van der Waals surface area (Å²) in [4.78, 5) is 0. The lowest BCUT2D eigenvalue weighted by atomic mass is 10.2. The van der Waals surface area contributed by atoms with Gasteiger partial charge in [-0.05, 0) is 17.3 Å². The molecule has 1 aromatic heterocycles. The van der Waals surface area contributed by atoms with Crippen molar-refractivity contribution in [3.63, 3.8) is 0 Å². The molecule has 2 N–H and O–H groups in total. The number of hydrogen-bond acceptors (Lipinski definition) is 5. The van der Waals surface area contributed by atoms with Gasteiger partial charge in [-0.3, -0.25) is 0 Å². The summed E-state index contributed by atoms with van der Waals surface area (Å²) in [6, 6.07) is 4.07. The largest absolute Gasteiger partial charge is 0.419 e. The van der Waals surface area contributed by atoms with E-state index in [9.17, 15) is 13.2 Å². The number of hydrogen-bond donors (Lipinski definition) is 2. The second-order valence-electron chi connectivity index (χ2n) is 3.83. The van der Waals surface area contributed by atoms with Crippen molar-refractivity contribution in [3.8, 4) is 6.07 Å². The molecule has 0 amide bonds. The molecule has 2 rings (SSSR count).